The van der Waals surface area contributed by atoms with Gasteiger partial charge >= 0.3 is 5.97 Å². The van der Waals surface area contributed by atoms with Gasteiger partial charge in [0.05, 0.1) is 11.5 Å². The van der Waals surface area contributed by atoms with Crippen LogP contribution in [0, 0.1) is 12.8 Å². The molecule has 2 N–H and O–H groups in total. The molecule has 0 unspecified atom stereocenters. The first-order valence-electron chi connectivity index (χ1n) is 7.95. The number of hydrogen-bond acceptors (Lipinski definition) is 3. The summed E-state index contributed by atoms with van der Waals surface area (Å²) in [5.74, 6) is -1.78. The molecule has 3 rings (SSSR count). The van der Waals surface area contributed by atoms with E-state index in [1.165, 1.54) is 24.3 Å². The van der Waals surface area contributed by atoms with Crippen molar-refractivity contribution in [1.82, 2.24) is 0 Å². The molecule has 2 aromatic rings. The van der Waals surface area contributed by atoms with Crippen LogP contribution in [-0.4, -0.2) is 29.4 Å². The number of aromatic carboxylic acids is 1. The van der Waals surface area contributed by atoms with Crippen LogP contribution in [0.4, 0.5) is 11.4 Å². The van der Waals surface area contributed by atoms with E-state index >= 15 is 0 Å². The maximum absolute atomic E-state index is 12.4. The van der Waals surface area contributed by atoms with Crippen molar-refractivity contribution in [3.05, 3.63) is 59.7 Å². The van der Waals surface area contributed by atoms with Crippen molar-refractivity contribution >= 4 is 29.2 Å². The molecular weight excluding hydrogens is 320 g/mol. The lowest BCUT2D eigenvalue weighted by Gasteiger charge is -2.17. The fraction of sp³-hybridized carbons (Fsp3) is 0.211. The molecule has 0 radical (unpaired) electrons. The molecule has 0 aliphatic carbocycles. The molecule has 6 heteroatoms. The molecule has 6 nitrogen and oxygen atoms in total. The van der Waals surface area contributed by atoms with Crippen molar-refractivity contribution < 1.29 is 19.5 Å². The van der Waals surface area contributed by atoms with Crippen molar-refractivity contribution in [2.24, 2.45) is 5.92 Å². The Morgan fingerprint density at radius 1 is 1.08 bits per heavy atom. The Bertz CT molecular complexity index is 812. The number of amides is 2. The van der Waals surface area contributed by atoms with Gasteiger partial charge in [-0.15, -0.1) is 0 Å². The third kappa shape index (κ3) is 3.68. The Morgan fingerprint density at radius 3 is 2.32 bits per heavy atom. The van der Waals surface area contributed by atoms with Crippen molar-refractivity contribution in [2.45, 2.75) is 13.3 Å². The molecule has 1 fully saturated rings. The third-order valence-corrected chi connectivity index (χ3v) is 4.24. The summed E-state index contributed by atoms with van der Waals surface area (Å²) in [5, 5.41) is 11.6. The molecule has 0 bridgehead atoms. The smallest absolute Gasteiger partial charge is 0.335 e. The third-order valence-electron chi connectivity index (χ3n) is 4.24. The molecule has 2 aromatic carbocycles. The number of benzene rings is 2. The van der Waals surface area contributed by atoms with Crippen molar-refractivity contribution in [1.29, 1.82) is 0 Å². The van der Waals surface area contributed by atoms with Crippen molar-refractivity contribution in [3.63, 3.8) is 0 Å². The van der Waals surface area contributed by atoms with E-state index < -0.39 is 11.9 Å². The minimum absolute atomic E-state index is 0.0785. The Hall–Kier alpha value is -3.15. The van der Waals surface area contributed by atoms with E-state index in [9.17, 15) is 14.4 Å². The lowest BCUT2D eigenvalue weighted by molar-refractivity contribution is -0.122. The first-order chi connectivity index (χ1) is 11.9. The first-order valence-corrected chi connectivity index (χ1v) is 7.95. The fourth-order valence-corrected chi connectivity index (χ4v) is 2.80. The number of carbonyl (C=O) groups excluding carboxylic acids is 2. The number of carboxylic acid groups (broad SMARTS) is 1. The lowest BCUT2D eigenvalue weighted by atomic mass is 10.1. The number of hydrogen-bond donors (Lipinski definition) is 2. The number of rotatable bonds is 4. The summed E-state index contributed by atoms with van der Waals surface area (Å²) in [6, 6.07) is 13.5. The van der Waals surface area contributed by atoms with Gasteiger partial charge in [-0.2, -0.15) is 0 Å². The Kier molecular flexibility index (Phi) is 4.52. The van der Waals surface area contributed by atoms with Gasteiger partial charge in [0.15, 0.2) is 0 Å². The first kappa shape index (κ1) is 16.7. The van der Waals surface area contributed by atoms with E-state index in [2.05, 4.69) is 5.32 Å². The number of carbonyl (C=O) groups is 3. The highest BCUT2D eigenvalue weighted by molar-refractivity contribution is 6.03. The normalized spacial score (nSPS) is 16.8. The van der Waals surface area contributed by atoms with Gasteiger partial charge in [-0.25, -0.2) is 4.79 Å². The monoisotopic (exact) mass is 338 g/mol. The highest BCUT2D eigenvalue weighted by Gasteiger charge is 2.35. The minimum atomic E-state index is -1.02. The van der Waals surface area contributed by atoms with E-state index in [1.807, 2.05) is 31.2 Å². The van der Waals surface area contributed by atoms with Crippen LogP contribution in [0.1, 0.15) is 22.3 Å². The zero-order valence-corrected chi connectivity index (χ0v) is 13.7. The van der Waals surface area contributed by atoms with Crippen LogP contribution >= 0.6 is 0 Å². The average Bonchev–Trinajstić information content (AvgIpc) is 2.98. The lowest BCUT2D eigenvalue weighted by Crippen LogP contribution is -2.28. The van der Waals surface area contributed by atoms with Gasteiger partial charge in [0, 0.05) is 24.3 Å². The van der Waals surface area contributed by atoms with Crippen LogP contribution < -0.4 is 10.2 Å². The molecule has 2 amide bonds. The van der Waals surface area contributed by atoms with Gasteiger partial charge < -0.3 is 15.3 Å². The molecule has 1 atom stereocenters. The standard InChI is InChI=1S/C19H18N2O4/c1-12-2-8-16(9-3-12)21-11-14(10-17(21)22)18(23)20-15-6-4-13(5-7-15)19(24)25/h2-9,14H,10-11H2,1H3,(H,20,23)(H,24,25)/t14-/m0/s1. The summed E-state index contributed by atoms with van der Waals surface area (Å²) in [4.78, 5) is 37.1. The summed E-state index contributed by atoms with van der Waals surface area (Å²) in [7, 11) is 0. The molecule has 1 heterocycles. The van der Waals surface area contributed by atoms with E-state index in [1.54, 1.807) is 4.90 Å². The van der Waals surface area contributed by atoms with Crippen LogP contribution in [0.3, 0.4) is 0 Å². The predicted octanol–water partition coefficient (Wildman–Crippen LogP) is 2.68. The number of carboxylic acids is 1. The Morgan fingerprint density at radius 2 is 1.72 bits per heavy atom. The van der Waals surface area contributed by atoms with Gasteiger partial charge in [0.25, 0.3) is 0 Å². The van der Waals surface area contributed by atoms with E-state index in [-0.39, 0.29) is 23.8 Å². The summed E-state index contributed by atoms with van der Waals surface area (Å²) in [6.45, 7) is 2.31. The largest absolute Gasteiger partial charge is 0.478 e. The molecule has 25 heavy (non-hydrogen) atoms. The van der Waals surface area contributed by atoms with Crippen LogP contribution in [0.15, 0.2) is 48.5 Å². The zero-order valence-electron chi connectivity index (χ0n) is 13.7. The number of anilines is 2. The number of aryl methyl sites for hydroxylation is 1. The second-order valence-corrected chi connectivity index (χ2v) is 6.11. The van der Waals surface area contributed by atoms with E-state index in [0.717, 1.165) is 11.3 Å². The molecule has 1 aliphatic heterocycles. The van der Waals surface area contributed by atoms with Gasteiger partial charge in [-0.05, 0) is 43.3 Å². The van der Waals surface area contributed by atoms with Gasteiger partial charge in [0.1, 0.15) is 0 Å². The van der Waals surface area contributed by atoms with E-state index in [0.29, 0.717) is 12.2 Å². The summed E-state index contributed by atoms with van der Waals surface area (Å²) >= 11 is 0. The van der Waals surface area contributed by atoms with Crippen LogP contribution in [0.5, 0.6) is 0 Å². The topological polar surface area (TPSA) is 86.7 Å². The number of nitrogens with one attached hydrogen (secondary N) is 1. The molecule has 0 saturated carbocycles. The summed E-state index contributed by atoms with van der Waals surface area (Å²) in [5.41, 5.74) is 2.56. The van der Waals surface area contributed by atoms with Gasteiger partial charge in [-0.3, -0.25) is 9.59 Å². The minimum Gasteiger partial charge on any atom is -0.478 e. The molecule has 0 aromatic heterocycles. The summed E-state index contributed by atoms with van der Waals surface area (Å²) in [6.07, 6.45) is 0.160. The van der Waals surface area contributed by atoms with Gasteiger partial charge in [0.2, 0.25) is 11.8 Å². The maximum Gasteiger partial charge on any atom is 0.335 e. The predicted molar refractivity (Wildman–Crippen MR) is 93.7 cm³/mol. The second kappa shape index (κ2) is 6.76. The highest BCUT2D eigenvalue weighted by atomic mass is 16.4. The molecule has 1 aliphatic rings. The Labute approximate surface area is 145 Å². The van der Waals surface area contributed by atoms with Crippen LogP contribution in [0.2, 0.25) is 0 Å². The zero-order chi connectivity index (χ0) is 18.0. The van der Waals surface area contributed by atoms with Crippen molar-refractivity contribution in [2.75, 3.05) is 16.8 Å². The maximum atomic E-state index is 12.4. The molecular formula is C19H18N2O4. The molecule has 1 saturated heterocycles. The summed E-state index contributed by atoms with van der Waals surface area (Å²) < 4.78 is 0. The van der Waals surface area contributed by atoms with E-state index in [4.69, 9.17) is 5.11 Å². The second-order valence-electron chi connectivity index (χ2n) is 6.11. The fourth-order valence-electron chi connectivity index (χ4n) is 2.80. The Balaban J connectivity index is 1.66. The molecule has 128 valence electrons. The quantitative estimate of drug-likeness (QED) is 0.897. The van der Waals surface area contributed by atoms with Crippen LogP contribution in [0.25, 0.3) is 0 Å². The van der Waals surface area contributed by atoms with Gasteiger partial charge in [-0.1, -0.05) is 17.7 Å². The van der Waals surface area contributed by atoms with Crippen molar-refractivity contribution in [3.8, 4) is 0 Å². The average molecular weight is 338 g/mol. The van der Waals surface area contributed by atoms with Crippen LogP contribution in [-0.2, 0) is 9.59 Å². The highest BCUT2D eigenvalue weighted by Crippen LogP contribution is 2.26. The number of nitrogens with zero attached hydrogens (tertiary/aromatic N) is 1. The molecule has 0 spiro atoms. The SMILES string of the molecule is Cc1ccc(N2C[C@@H](C(=O)Nc3ccc(C(=O)O)cc3)CC2=O)cc1.